The monoisotopic (exact) mass is 350 g/mol. The molecule has 2 aromatic carbocycles. The summed E-state index contributed by atoms with van der Waals surface area (Å²) in [6, 6.07) is 13.6. The van der Waals surface area contributed by atoms with Crippen LogP contribution >= 0.6 is 27.7 Å². The maximum atomic E-state index is 7.71. The van der Waals surface area contributed by atoms with Crippen LogP contribution in [-0.4, -0.2) is 12.1 Å². The van der Waals surface area contributed by atoms with E-state index in [0.29, 0.717) is 17.9 Å². The minimum absolute atomic E-state index is 0.0270. The first-order valence-electron chi connectivity index (χ1n) is 6.00. The van der Waals surface area contributed by atoms with Crippen LogP contribution in [-0.2, 0) is 6.61 Å². The Labute approximate surface area is 131 Å². The molecule has 5 heteroatoms. The van der Waals surface area contributed by atoms with Crippen molar-refractivity contribution >= 4 is 33.5 Å². The summed E-state index contributed by atoms with van der Waals surface area (Å²) in [5.74, 6) is 0.670. The van der Waals surface area contributed by atoms with Gasteiger partial charge in [0.05, 0.1) is 5.56 Å². The second-order valence-electron chi connectivity index (χ2n) is 4.17. The van der Waals surface area contributed by atoms with Gasteiger partial charge in [0.2, 0.25) is 0 Å². The molecule has 104 valence electrons. The zero-order valence-electron chi connectivity index (χ0n) is 11.0. The third-order valence-electron chi connectivity index (χ3n) is 2.76. The zero-order chi connectivity index (χ0) is 14.5. The van der Waals surface area contributed by atoms with Crippen molar-refractivity contribution in [1.29, 1.82) is 5.41 Å². The molecule has 0 unspecified atom stereocenters. The average molecular weight is 351 g/mol. The summed E-state index contributed by atoms with van der Waals surface area (Å²) in [5, 5.41) is 7.71. The van der Waals surface area contributed by atoms with E-state index in [-0.39, 0.29) is 5.84 Å². The lowest BCUT2D eigenvalue weighted by Crippen LogP contribution is -2.14. The van der Waals surface area contributed by atoms with Gasteiger partial charge in [0, 0.05) is 9.37 Å². The summed E-state index contributed by atoms with van der Waals surface area (Å²) in [6.45, 7) is 0.442. The average Bonchev–Trinajstić information content (AvgIpc) is 2.44. The lowest BCUT2D eigenvalue weighted by Gasteiger charge is -2.13. The van der Waals surface area contributed by atoms with Gasteiger partial charge in [-0.05, 0) is 36.1 Å². The van der Waals surface area contributed by atoms with E-state index in [1.165, 1.54) is 0 Å². The number of hydrogen-bond acceptors (Lipinski definition) is 3. The van der Waals surface area contributed by atoms with E-state index in [0.717, 1.165) is 14.9 Å². The van der Waals surface area contributed by atoms with Crippen LogP contribution in [0.4, 0.5) is 0 Å². The first kappa shape index (κ1) is 14.9. The molecule has 0 saturated carbocycles. The summed E-state index contributed by atoms with van der Waals surface area (Å²) in [4.78, 5) is 0.948. The molecule has 0 radical (unpaired) electrons. The van der Waals surface area contributed by atoms with E-state index >= 15 is 0 Å². The molecule has 0 aromatic heterocycles. The molecule has 0 bridgehead atoms. The smallest absolute Gasteiger partial charge is 0.131 e. The van der Waals surface area contributed by atoms with Gasteiger partial charge >= 0.3 is 0 Å². The van der Waals surface area contributed by atoms with Gasteiger partial charge in [0.25, 0.3) is 0 Å². The van der Waals surface area contributed by atoms with Crippen molar-refractivity contribution in [2.24, 2.45) is 5.73 Å². The van der Waals surface area contributed by atoms with Crippen molar-refractivity contribution in [2.75, 3.05) is 6.26 Å². The number of amidine groups is 1. The molecule has 2 aromatic rings. The van der Waals surface area contributed by atoms with Crippen LogP contribution < -0.4 is 10.5 Å². The SMILES string of the molecule is CSc1cccc(OCc2cccc(Br)c2)c1C(=N)N. The molecular weight excluding hydrogens is 336 g/mol. The Balaban J connectivity index is 2.23. The Kier molecular flexibility index (Phi) is 5.09. The quantitative estimate of drug-likeness (QED) is 0.486. The van der Waals surface area contributed by atoms with E-state index in [9.17, 15) is 0 Å². The largest absolute Gasteiger partial charge is 0.488 e. The predicted octanol–water partition coefficient (Wildman–Crippen LogP) is 4.03. The Morgan fingerprint density at radius 3 is 2.70 bits per heavy atom. The topological polar surface area (TPSA) is 59.1 Å². The fraction of sp³-hybridized carbons (Fsp3) is 0.133. The maximum absolute atomic E-state index is 7.71. The number of nitrogen functional groups attached to an aromatic ring is 1. The molecule has 0 aliphatic carbocycles. The Hall–Kier alpha value is -1.46. The van der Waals surface area contributed by atoms with Crippen molar-refractivity contribution in [3.05, 3.63) is 58.1 Å². The fourth-order valence-electron chi connectivity index (χ4n) is 1.85. The molecule has 20 heavy (non-hydrogen) atoms. The zero-order valence-corrected chi connectivity index (χ0v) is 13.4. The highest BCUT2D eigenvalue weighted by atomic mass is 79.9. The molecule has 0 heterocycles. The van der Waals surface area contributed by atoms with Gasteiger partial charge in [-0.3, -0.25) is 5.41 Å². The second-order valence-corrected chi connectivity index (χ2v) is 5.93. The number of ether oxygens (including phenoxy) is 1. The van der Waals surface area contributed by atoms with Gasteiger partial charge in [-0.1, -0.05) is 34.1 Å². The molecule has 0 aliphatic heterocycles. The van der Waals surface area contributed by atoms with E-state index in [4.69, 9.17) is 15.9 Å². The number of hydrogen-bond donors (Lipinski definition) is 2. The highest BCUT2D eigenvalue weighted by molar-refractivity contribution is 9.10. The van der Waals surface area contributed by atoms with Crippen LogP contribution in [0.2, 0.25) is 0 Å². The summed E-state index contributed by atoms with van der Waals surface area (Å²) >= 11 is 4.99. The number of halogens is 1. The van der Waals surface area contributed by atoms with Crippen LogP contribution in [0.3, 0.4) is 0 Å². The van der Waals surface area contributed by atoms with E-state index in [1.54, 1.807) is 11.8 Å². The minimum atomic E-state index is 0.0270. The molecule has 3 N–H and O–H groups in total. The van der Waals surface area contributed by atoms with Gasteiger partial charge < -0.3 is 10.5 Å². The molecule has 0 saturated heterocycles. The molecule has 0 amide bonds. The highest BCUT2D eigenvalue weighted by Crippen LogP contribution is 2.29. The van der Waals surface area contributed by atoms with E-state index in [1.807, 2.05) is 48.7 Å². The van der Waals surface area contributed by atoms with Gasteiger partial charge in [-0.2, -0.15) is 0 Å². The predicted molar refractivity (Wildman–Crippen MR) is 87.7 cm³/mol. The summed E-state index contributed by atoms with van der Waals surface area (Å²) in [5.41, 5.74) is 7.39. The van der Waals surface area contributed by atoms with Gasteiger partial charge in [-0.15, -0.1) is 11.8 Å². The van der Waals surface area contributed by atoms with Gasteiger partial charge in [0.15, 0.2) is 0 Å². The Morgan fingerprint density at radius 1 is 1.30 bits per heavy atom. The molecule has 2 rings (SSSR count). The molecule has 0 spiro atoms. The molecule has 0 atom stereocenters. The molecule has 0 fully saturated rings. The second kappa shape index (κ2) is 6.81. The van der Waals surface area contributed by atoms with Crippen molar-refractivity contribution in [3.63, 3.8) is 0 Å². The van der Waals surface area contributed by atoms with Crippen LogP contribution in [0.5, 0.6) is 5.75 Å². The standard InChI is InChI=1S/C15H15BrN2OS/c1-20-13-7-3-6-12(14(13)15(17)18)19-9-10-4-2-5-11(16)8-10/h2-8H,9H2,1H3,(H3,17,18). The Morgan fingerprint density at radius 2 is 2.05 bits per heavy atom. The summed E-state index contributed by atoms with van der Waals surface area (Å²) in [7, 11) is 0. The number of nitrogens with one attached hydrogen (secondary N) is 1. The van der Waals surface area contributed by atoms with Crippen molar-refractivity contribution in [1.82, 2.24) is 0 Å². The number of thioether (sulfide) groups is 1. The van der Waals surface area contributed by atoms with Gasteiger partial charge in [0.1, 0.15) is 18.2 Å². The van der Waals surface area contributed by atoms with Crippen molar-refractivity contribution in [3.8, 4) is 5.75 Å². The number of rotatable bonds is 5. The maximum Gasteiger partial charge on any atom is 0.131 e. The van der Waals surface area contributed by atoms with Crippen LogP contribution in [0, 0.1) is 5.41 Å². The highest BCUT2D eigenvalue weighted by Gasteiger charge is 2.12. The van der Waals surface area contributed by atoms with E-state index < -0.39 is 0 Å². The Bertz CT molecular complexity index is 631. The van der Waals surface area contributed by atoms with Crippen molar-refractivity contribution < 1.29 is 4.74 Å². The number of benzene rings is 2. The summed E-state index contributed by atoms with van der Waals surface area (Å²) < 4.78 is 6.84. The fourth-order valence-corrected chi connectivity index (χ4v) is 2.93. The lowest BCUT2D eigenvalue weighted by atomic mass is 10.2. The lowest BCUT2D eigenvalue weighted by molar-refractivity contribution is 0.305. The van der Waals surface area contributed by atoms with Crippen LogP contribution in [0.15, 0.2) is 51.8 Å². The first-order chi connectivity index (χ1) is 9.61. The molecular formula is C15H15BrN2OS. The molecule has 3 nitrogen and oxygen atoms in total. The first-order valence-corrected chi connectivity index (χ1v) is 8.02. The third-order valence-corrected chi connectivity index (χ3v) is 4.03. The van der Waals surface area contributed by atoms with E-state index in [2.05, 4.69) is 15.9 Å². The number of nitrogens with two attached hydrogens (primary N) is 1. The van der Waals surface area contributed by atoms with Crippen LogP contribution in [0.1, 0.15) is 11.1 Å². The van der Waals surface area contributed by atoms with Gasteiger partial charge in [-0.25, -0.2) is 0 Å². The van der Waals surface area contributed by atoms with Crippen molar-refractivity contribution in [2.45, 2.75) is 11.5 Å². The normalized spacial score (nSPS) is 10.3. The third kappa shape index (κ3) is 3.55. The molecule has 0 aliphatic rings. The minimum Gasteiger partial charge on any atom is -0.488 e. The summed E-state index contributed by atoms with van der Waals surface area (Å²) in [6.07, 6.45) is 1.96. The van der Waals surface area contributed by atoms with Crippen LogP contribution in [0.25, 0.3) is 0 Å².